The smallest absolute Gasteiger partial charge is 0.312 e. The van der Waals surface area contributed by atoms with Crippen molar-refractivity contribution in [3.8, 4) is 0 Å². The van der Waals surface area contributed by atoms with Crippen LogP contribution in [0.25, 0.3) is 0 Å². The Morgan fingerprint density at radius 2 is 1.94 bits per heavy atom. The molecule has 2 rings (SSSR count). The molecule has 1 unspecified atom stereocenters. The zero-order chi connectivity index (χ0) is 11.5. The summed E-state index contributed by atoms with van der Waals surface area (Å²) in [5, 5.41) is 2.48. The highest BCUT2D eigenvalue weighted by molar-refractivity contribution is 5.76. The Morgan fingerprint density at radius 3 is 2.38 bits per heavy atom. The number of carbonyl (C=O) groups excluding carboxylic acids is 2. The number of primary amides is 1. The molecule has 0 fully saturated rings. The van der Waals surface area contributed by atoms with Gasteiger partial charge in [-0.25, -0.2) is 4.79 Å². The molecule has 0 aliphatic heterocycles. The molecule has 4 nitrogen and oxygen atoms in total. The summed E-state index contributed by atoms with van der Waals surface area (Å²) in [5.41, 5.74) is 7.54. The van der Waals surface area contributed by atoms with Crippen molar-refractivity contribution < 1.29 is 9.59 Å². The summed E-state index contributed by atoms with van der Waals surface area (Å²) < 4.78 is 0. The van der Waals surface area contributed by atoms with Crippen LogP contribution in [0, 0.1) is 5.92 Å². The molecule has 0 bridgehead atoms. The number of nitrogens with one attached hydrogen (secondary N) is 1. The van der Waals surface area contributed by atoms with Gasteiger partial charge >= 0.3 is 6.03 Å². The molecule has 4 heteroatoms. The highest BCUT2D eigenvalue weighted by Crippen LogP contribution is 2.28. The maximum atomic E-state index is 10.9. The van der Waals surface area contributed by atoms with Gasteiger partial charge < -0.3 is 15.8 Å². The molecule has 0 saturated carbocycles. The first-order valence-corrected chi connectivity index (χ1v) is 5.28. The van der Waals surface area contributed by atoms with E-state index in [4.69, 9.17) is 5.73 Å². The Kier molecular flexibility index (Phi) is 2.90. The number of hydrogen-bond donors (Lipinski definition) is 2. The predicted octanol–water partition coefficient (Wildman–Crippen LogP) is 0.637. The average Bonchev–Trinajstić information content (AvgIpc) is 2.68. The molecule has 3 N–H and O–H groups in total. The molecule has 1 aromatic carbocycles. The van der Waals surface area contributed by atoms with E-state index in [1.165, 1.54) is 11.1 Å². The molecular weight excluding hydrogens is 204 g/mol. The summed E-state index contributed by atoms with van der Waals surface area (Å²) in [5.74, 6) is 0.127. The largest absolute Gasteiger partial charge is 0.352 e. The van der Waals surface area contributed by atoms with Crippen molar-refractivity contribution in [1.82, 2.24) is 5.32 Å². The van der Waals surface area contributed by atoms with Crippen molar-refractivity contribution in [2.45, 2.75) is 18.9 Å². The molecule has 1 atom stereocenters. The van der Waals surface area contributed by atoms with Gasteiger partial charge in [0, 0.05) is 0 Å². The molecule has 1 aromatic rings. The number of hydrogen-bond acceptors (Lipinski definition) is 2. The minimum atomic E-state index is -0.645. The summed E-state index contributed by atoms with van der Waals surface area (Å²) in [6.07, 6.45) is 2.40. The number of benzene rings is 1. The number of urea groups is 1. The van der Waals surface area contributed by atoms with Gasteiger partial charge in [-0.05, 0) is 29.9 Å². The standard InChI is InChI=1S/C12H14N2O2/c13-12(16)14-11(7-15)10-5-8-3-1-2-4-9(8)6-10/h1-4,7,10-11H,5-6H2,(H3,13,14,16). The second kappa shape index (κ2) is 4.35. The van der Waals surface area contributed by atoms with Crippen LogP contribution in [0.5, 0.6) is 0 Å². The van der Waals surface area contributed by atoms with Gasteiger partial charge in [-0.15, -0.1) is 0 Å². The maximum Gasteiger partial charge on any atom is 0.312 e. The van der Waals surface area contributed by atoms with Crippen LogP contribution >= 0.6 is 0 Å². The van der Waals surface area contributed by atoms with Gasteiger partial charge in [0.25, 0.3) is 0 Å². The van der Waals surface area contributed by atoms with Gasteiger partial charge in [-0.2, -0.15) is 0 Å². The second-order valence-electron chi connectivity index (χ2n) is 4.11. The fraction of sp³-hybridized carbons (Fsp3) is 0.333. The Morgan fingerprint density at radius 1 is 1.38 bits per heavy atom. The van der Waals surface area contributed by atoms with Crippen LogP contribution in [-0.2, 0) is 17.6 Å². The summed E-state index contributed by atoms with van der Waals surface area (Å²) in [6, 6.07) is 6.96. The second-order valence-corrected chi connectivity index (χ2v) is 4.11. The van der Waals surface area contributed by atoms with E-state index in [9.17, 15) is 9.59 Å². The van der Waals surface area contributed by atoms with Crippen molar-refractivity contribution in [1.29, 1.82) is 0 Å². The summed E-state index contributed by atoms with van der Waals surface area (Å²) in [6.45, 7) is 0. The van der Waals surface area contributed by atoms with Crippen molar-refractivity contribution in [3.05, 3.63) is 35.4 Å². The van der Waals surface area contributed by atoms with Gasteiger partial charge in [-0.3, -0.25) is 0 Å². The monoisotopic (exact) mass is 218 g/mol. The van der Waals surface area contributed by atoms with Gasteiger partial charge in [-0.1, -0.05) is 24.3 Å². The van der Waals surface area contributed by atoms with Crippen LogP contribution in [0.4, 0.5) is 4.79 Å². The van der Waals surface area contributed by atoms with E-state index in [2.05, 4.69) is 17.4 Å². The van der Waals surface area contributed by atoms with Crippen LogP contribution in [0.1, 0.15) is 11.1 Å². The van der Waals surface area contributed by atoms with E-state index in [0.717, 1.165) is 19.1 Å². The van der Waals surface area contributed by atoms with E-state index in [1.807, 2.05) is 12.1 Å². The van der Waals surface area contributed by atoms with Crippen LogP contribution in [0.2, 0.25) is 0 Å². The number of amides is 2. The number of nitrogens with two attached hydrogens (primary N) is 1. The zero-order valence-electron chi connectivity index (χ0n) is 8.85. The van der Waals surface area contributed by atoms with Crippen molar-refractivity contribution >= 4 is 12.3 Å². The highest BCUT2D eigenvalue weighted by atomic mass is 16.2. The molecule has 0 heterocycles. The molecular formula is C12H14N2O2. The molecule has 0 saturated heterocycles. The predicted molar refractivity (Wildman–Crippen MR) is 59.9 cm³/mol. The molecule has 0 aromatic heterocycles. The minimum Gasteiger partial charge on any atom is -0.352 e. The number of fused-ring (bicyclic) bond motifs is 1. The van der Waals surface area contributed by atoms with Crippen LogP contribution in [0.3, 0.4) is 0 Å². The van der Waals surface area contributed by atoms with Crippen LogP contribution in [-0.4, -0.2) is 18.4 Å². The van der Waals surface area contributed by atoms with Gasteiger partial charge in [0.1, 0.15) is 6.29 Å². The topological polar surface area (TPSA) is 72.2 Å². The number of rotatable bonds is 3. The highest BCUT2D eigenvalue weighted by Gasteiger charge is 2.28. The molecule has 2 amide bonds. The third-order valence-electron chi connectivity index (χ3n) is 3.05. The first-order valence-electron chi connectivity index (χ1n) is 5.28. The van der Waals surface area contributed by atoms with Gasteiger partial charge in [0.15, 0.2) is 0 Å². The van der Waals surface area contributed by atoms with E-state index in [-0.39, 0.29) is 5.92 Å². The number of carbonyl (C=O) groups is 2. The zero-order valence-corrected chi connectivity index (χ0v) is 8.85. The van der Waals surface area contributed by atoms with E-state index < -0.39 is 12.1 Å². The summed E-state index contributed by atoms with van der Waals surface area (Å²) >= 11 is 0. The lowest BCUT2D eigenvalue weighted by atomic mass is 9.98. The molecule has 1 aliphatic carbocycles. The quantitative estimate of drug-likeness (QED) is 0.731. The Balaban J connectivity index is 2.09. The fourth-order valence-corrected chi connectivity index (χ4v) is 2.27. The van der Waals surface area contributed by atoms with E-state index in [1.54, 1.807) is 0 Å². The van der Waals surface area contributed by atoms with Gasteiger partial charge in [0.2, 0.25) is 0 Å². The molecule has 16 heavy (non-hydrogen) atoms. The lowest BCUT2D eigenvalue weighted by Gasteiger charge is -2.17. The Labute approximate surface area is 93.8 Å². The van der Waals surface area contributed by atoms with E-state index in [0.29, 0.717) is 0 Å². The Hall–Kier alpha value is -1.84. The lowest BCUT2D eigenvalue weighted by Crippen LogP contribution is -2.44. The summed E-state index contributed by atoms with van der Waals surface area (Å²) in [4.78, 5) is 21.7. The first-order chi connectivity index (χ1) is 7.70. The molecule has 0 spiro atoms. The van der Waals surface area contributed by atoms with E-state index >= 15 is 0 Å². The number of aldehydes is 1. The Bertz CT molecular complexity index is 392. The maximum absolute atomic E-state index is 10.9. The van der Waals surface area contributed by atoms with Crippen molar-refractivity contribution in [2.24, 2.45) is 11.7 Å². The van der Waals surface area contributed by atoms with Crippen molar-refractivity contribution in [2.75, 3.05) is 0 Å². The first kappa shape index (κ1) is 10.7. The SMILES string of the molecule is NC(=O)NC(C=O)C1Cc2ccccc2C1. The molecule has 1 aliphatic rings. The lowest BCUT2D eigenvalue weighted by molar-refractivity contribution is -0.110. The van der Waals surface area contributed by atoms with Crippen LogP contribution in [0.15, 0.2) is 24.3 Å². The molecule has 0 radical (unpaired) electrons. The molecule has 84 valence electrons. The normalized spacial score (nSPS) is 16.5. The fourth-order valence-electron chi connectivity index (χ4n) is 2.27. The average molecular weight is 218 g/mol. The summed E-state index contributed by atoms with van der Waals surface area (Å²) in [7, 11) is 0. The third-order valence-corrected chi connectivity index (χ3v) is 3.05. The van der Waals surface area contributed by atoms with Gasteiger partial charge in [0.05, 0.1) is 6.04 Å². The van der Waals surface area contributed by atoms with Crippen LogP contribution < -0.4 is 11.1 Å². The minimum absolute atomic E-state index is 0.127. The third kappa shape index (κ3) is 2.05. The van der Waals surface area contributed by atoms with Crippen molar-refractivity contribution in [3.63, 3.8) is 0 Å².